The van der Waals surface area contributed by atoms with Crippen LogP contribution in [0.25, 0.3) is 0 Å². The summed E-state index contributed by atoms with van der Waals surface area (Å²) in [7, 11) is 0. The molecule has 0 heterocycles. The van der Waals surface area contributed by atoms with Crippen LogP contribution in [0.15, 0.2) is 12.3 Å². The summed E-state index contributed by atoms with van der Waals surface area (Å²) in [5, 5.41) is 17.7. The van der Waals surface area contributed by atoms with Crippen molar-refractivity contribution in [1.29, 1.82) is 0 Å². The first-order valence-corrected chi connectivity index (χ1v) is 4.25. The fourth-order valence-corrected chi connectivity index (χ4v) is 0.856. The molecule has 76 valence electrons. The minimum Gasteiger partial charge on any atom is -0.513 e. The van der Waals surface area contributed by atoms with E-state index in [0.29, 0.717) is 25.9 Å². The van der Waals surface area contributed by atoms with Crippen molar-refractivity contribution in [2.24, 2.45) is 0 Å². The van der Waals surface area contributed by atoms with Gasteiger partial charge in [-0.25, -0.2) is 0 Å². The maximum absolute atomic E-state index is 10.6. The molecule has 0 unspecified atom stereocenters. The molecule has 0 aromatic rings. The molecule has 0 aliphatic heterocycles. The number of carbonyl (C=O) groups excluding carboxylic acids is 1. The Labute approximate surface area is 78.5 Å². The smallest absolute Gasteiger partial charge is 0.131 e. The number of hydrogen-bond donors (Lipinski definition) is 2. The highest BCUT2D eigenvalue weighted by Gasteiger charge is 2.04. The van der Waals surface area contributed by atoms with Crippen LogP contribution in [0.2, 0.25) is 0 Å². The van der Waals surface area contributed by atoms with Gasteiger partial charge in [0.1, 0.15) is 5.78 Å². The van der Waals surface area contributed by atoms with Crippen molar-refractivity contribution in [3.05, 3.63) is 12.3 Å². The molecule has 0 fully saturated rings. The number of carbonyl (C=O) groups is 1. The van der Waals surface area contributed by atoms with Crippen LogP contribution in [0.5, 0.6) is 0 Å². The van der Waals surface area contributed by atoms with E-state index in [1.54, 1.807) is 4.90 Å². The van der Waals surface area contributed by atoms with Gasteiger partial charge in [-0.15, -0.1) is 0 Å². The van der Waals surface area contributed by atoms with Gasteiger partial charge in [-0.3, -0.25) is 9.69 Å². The average Bonchev–Trinajstić information content (AvgIpc) is 2.04. The van der Waals surface area contributed by atoms with Gasteiger partial charge in [0.15, 0.2) is 0 Å². The lowest BCUT2D eigenvalue weighted by molar-refractivity contribution is -0.117. The van der Waals surface area contributed by atoms with E-state index < -0.39 is 0 Å². The van der Waals surface area contributed by atoms with Crippen molar-refractivity contribution in [2.75, 3.05) is 19.8 Å². The highest BCUT2D eigenvalue weighted by molar-refractivity contribution is 5.75. The molecule has 4 nitrogen and oxygen atoms in total. The predicted molar refractivity (Wildman–Crippen MR) is 50.3 cm³/mol. The van der Waals surface area contributed by atoms with Gasteiger partial charge in [0.05, 0.1) is 12.5 Å². The largest absolute Gasteiger partial charge is 0.513 e. The number of ketones is 1. The number of aliphatic hydroxyl groups excluding tert-OH is 2. The molecule has 0 radical (unpaired) electrons. The molecule has 0 aliphatic rings. The quantitative estimate of drug-likeness (QED) is 0.454. The predicted octanol–water partition coefficient (Wildman–Crippen LogP) is 0.679. The van der Waals surface area contributed by atoms with E-state index in [2.05, 4.69) is 6.58 Å². The van der Waals surface area contributed by atoms with Crippen LogP contribution < -0.4 is 0 Å². The van der Waals surface area contributed by atoms with E-state index in [-0.39, 0.29) is 18.3 Å². The molecule has 0 aromatic carbocycles. The minimum atomic E-state index is -0.0967. The monoisotopic (exact) mass is 187 g/mol. The molecule has 0 saturated carbocycles. The van der Waals surface area contributed by atoms with E-state index in [1.165, 1.54) is 6.92 Å². The van der Waals surface area contributed by atoms with Crippen molar-refractivity contribution in [1.82, 2.24) is 4.90 Å². The zero-order chi connectivity index (χ0) is 10.3. The van der Waals surface area contributed by atoms with Gasteiger partial charge in [0.2, 0.25) is 0 Å². The summed E-state index contributed by atoms with van der Waals surface area (Å²) in [6, 6.07) is 0. The SMILES string of the molecule is C=C(O)CCN(CO)CCC(C)=O. The maximum atomic E-state index is 10.6. The van der Waals surface area contributed by atoms with Gasteiger partial charge in [0.25, 0.3) is 0 Å². The lowest BCUT2D eigenvalue weighted by Gasteiger charge is -2.17. The third-order valence-corrected chi connectivity index (χ3v) is 1.70. The van der Waals surface area contributed by atoms with Crippen molar-refractivity contribution in [3.63, 3.8) is 0 Å². The lowest BCUT2D eigenvalue weighted by Crippen LogP contribution is -2.28. The first-order valence-electron chi connectivity index (χ1n) is 4.25. The Balaban J connectivity index is 3.63. The van der Waals surface area contributed by atoms with Crippen LogP contribution in [-0.4, -0.2) is 40.7 Å². The maximum Gasteiger partial charge on any atom is 0.131 e. The Morgan fingerprint density at radius 2 is 1.92 bits per heavy atom. The second-order valence-electron chi connectivity index (χ2n) is 3.03. The van der Waals surface area contributed by atoms with Crippen molar-refractivity contribution >= 4 is 5.78 Å². The number of rotatable bonds is 7. The van der Waals surface area contributed by atoms with E-state index >= 15 is 0 Å². The van der Waals surface area contributed by atoms with Gasteiger partial charge >= 0.3 is 0 Å². The molecule has 0 aliphatic carbocycles. The van der Waals surface area contributed by atoms with Gasteiger partial charge in [-0.2, -0.15) is 0 Å². The molecule has 0 atom stereocenters. The second-order valence-corrected chi connectivity index (χ2v) is 3.03. The van der Waals surface area contributed by atoms with Gasteiger partial charge < -0.3 is 10.2 Å². The molecule has 0 rings (SSSR count). The average molecular weight is 187 g/mol. The Morgan fingerprint density at radius 1 is 1.38 bits per heavy atom. The number of Topliss-reactive ketones (excluding diaryl/α,β-unsaturated/α-hetero) is 1. The van der Waals surface area contributed by atoms with Crippen LogP contribution in [0.1, 0.15) is 19.8 Å². The molecular formula is C9H17NO3. The lowest BCUT2D eigenvalue weighted by atomic mass is 10.3. The Hall–Kier alpha value is -0.870. The fourth-order valence-electron chi connectivity index (χ4n) is 0.856. The topological polar surface area (TPSA) is 60.8 Å². The number of hydrogen-bond acceptors (Lipinski definition) is 4. The van der Waals surface area contributed by atoms with E-state index in [4.69, 9.17) is 10.2 Å². The van der Waals surface area contributed by atoms with Crippen LogP contribution >= 0.6 is 0 Å². The van der Waals surface area contributed by atoms with E-state index in [9.17, 15) is 4.79 Å². The van der Waals surface area contributed by atoms with Gasteiger partial charge in [-0.1, -0.05) is 6.58 Å². The normalized spacial score (nSPS) is 10.4. The standard InChI is InChI=1S/C9H17NO3/c1-8(12)3-5-10(7-11)6-4-9(2)13/h11-12H,1,3-7H2,2H3. The number of aliphatic hydroxyl groups is 2. The molecule has 0 spiro atoms. The van der Waals surface area contributed by atoms with Crippen molar-refractivity contribution in [2.45, 2.75) is 19.8 Å². The van der Waals surface area contributed by atoms with Crippen molar-refractivity contribution in [3.8, 4) is 0 Å². The van der Waals surface area contributed by atoms with Crippen LogP contribution in [0.4, 0.5) is 0 Å². The fraction of sp³-hybridized carbons (Fsp3) is 0.667. The van der Waals surface area contributed by atoms with Crippen molar-refractivity contribution < 1.29 is 15.0 Å². The van der Waals surface area contributed by atoms with Crippen LogP contribution in [-0.2, 0) is 4.79 Å². The summed E-state index contributed by atoms with van der Waals surface area (Å²) in [6.45, 7) is 5.81. The summed E-state index contributed by atoms with van der Waals surface area (Å²) in [5.74, 6) is 0.197. The van der Waals surface area contributed by atoms with Gasteiger partial charge in [0, 0.05) is 25.9 Å². The molecule has 0 saturated heterocycles. The number of nitrogens with zero attached hydrogens (tertiary/aromatic N) is 1. The Morgan fingerprint density at radius 3 is 2.31 bits per heavy atom. The summed E-state index contributed by atoms with van der Waals surface area (Å²) in [6.07, 6.45) is 0.858. The zero-order valence-corrected chi connectivity index (χ0v) is 7.99. The third kappa shape index (κ3) is 7.49. The summed E-state index contributed by atoms with van der Waals surface area (Å²) in [4.78, 5) is 12.3. The Kier molecular flexibility index (Phi) is 6.18. The second kappa shape index (κ2) is 6.62. The molecule has 4 heteroatoms. The summed E-state index contributed by atoms with van der Waals surface area (Å²) >= 11 is 0. The zero-order valence-electron chi connectivity index (χ0n) is 7.99. The molecule has 13 heavy (non-hydrogen) atoms. The van der Waals surface area contributed by atoms with Gasteiger partial charge in [-0.05, 0) is 6.92 Å². The van der Waals surface area contributed by atoms with E-state index in [1.807, 2.05) is 0 Å². The molecular weight excluding hydrogens is 170 g/mol. The third-order valence-electron chi connectivity index (χ3n) is 1.70. The summed E-state index contributed by atoms with van der Waals surface area (Å²) in [5.41, 5.74) is 0. The minimum absolute atomic E-state index is 0.0967. The first kappa shape index (κ1) is 12.1. The molecule has 0 bridgehead atoms. The highest BCUT2D eigenvalue weighted by atomic mass is 16.3. The summed E-state index contributed by atoms with van der Waals surface area (Å²) < 4.78 is 0. The Bertz CT molecular complexity index is 162. The molecule has 2 N–H and O–H groups in total. The first-order chi connectivity index (χ1) is 6.06. The molecule has 0 amide bonds. The van der Waals surface area contributed by atoms with Crippen LogP contribution in [0.3, 0.4) is 0 Å². The highest BCUT2D eigenvalue weighted by Crippen LogP contribution is 1.97. The molecule has 0 aromatic heterocycles. The van der Waals surface area contributed by atoms with Crippen LogP contribution in [0, 0.1) is 0 Å². The van der Waals surface area contributed by atoms with E-state index in [0.717, 1.165) is 0 Å².